The number of amides is 1. The lowest BCUT2D eigenvalue weighted by atomic mass is 9.92. The molecule has 1 aliphatic rings. The van der Waals surface area contributed by atoms with Crippen LogP contribution in [0.5, 0.6) is 0 Å². The highest BCUT2D eigenvalue weighted by molar-refractivity contribution is 5.93. The molecule has 2 rings (SSSR count). The molecule has 2 heterocycles. The van der Waals surface area contributed by atoms with Crippen molar-refractivity contribution in [2.24, 2.45) is 5.92 Å². The summed E-state index contributed by atoms with van der Waals surface area (Å²) in [5.41, 5.74) is 1.47. The molecule has 1 aromatic heterocycles. The molecule has 0 bridgehead atoms. The zero-order chi connectivity index (χ0) is 13.1. The molecule has 98 valence electrons. The van der Waals surface area contributed by atoms with E-state index >= 15 is 0 Å². The maximum absolute atomic E-state index is 12.3. The van der Waals surface area contributed by atoms with E-state index in [9.17, 15) is 9.90 Å². The third kappa shape index (κ3) is 2.70. The number of aromatic nitrogens is 1. The van der Waals surface area contributed by atoms with E-state index in [2.05, 4.69) is 4.98 Å². The van der Waals surface area contributed by atoms with Gasteiger partial charge < -0.3 is 10.0 Å². The molecule has 1 unspecified atom stereocenters. The van der Waals surface area contributed by atoms with Crippen LogP contribution in [-0.4, -0.2) is 40.1 Å². The SMILES string of the molecule is Cc1cccnc1C(=O)N1CCC(C(C)O)CC1. The second kappa shape index (κ2) is 5.48. The molecule has 0 saturated carbocycles. The first-order valence-corrected chi connectivity index (χ1v) is 6.48. The van der Waals surface area contributed by atoms with Gasteiger partial charge in [0.1, 0.15) is 5.69 Å². The Hall–Kier alpha value is -1.42. The van der Waals surface area contributed by atoms with Crippen LogP contribution in [0.2, 0.25) is 0 Å². The Kier molecular flexibility index (Phi) is 3.97. The molecule has 1 saturated heterocycles. The van der Waals surface area contributed by atoms with Crippen LogP contribution < -0.4 is 0 Å². The van der Waals surface area contributed by atoms with Crippen LogP contribution in [0.25, 0.3) is 0 Å². The van der Waals surface area contributed by atoms with Gasteiger partial charge in [-0.1, -0.05) is 6.07 Å². The van der Waals surface area contributed by atoms with E-state index < -0.39 is 0 Å². The van der Waals surface area contributed by atoms with Gasteiger partial charge in [0.15, 0.2) is 0 Å². The molecule has 18 heavy (non-hydrogen) atoms. The maximum Gasteiger partial charge on any atom is 0.272 e. The van der Waals surface area contributed by atoms with Crippen LogP contribution in [-0.2, 0) is 0 Å². The van der Waals surface area contributed by atoms with Gasteiger partial charge in [0, 0.05) is 19.3 Å². The fraction of sp³-hybridized carbons (Fsp3) is 0.571. The zero-order valence-electron chi connectivity index (χ0n) is 11.0. The Balaban J connectivity index is 2.02. The molecule has 1 amide bonds. The number of pyridine rings is 1. The van der Waals surface area contributed by atoms with E-state index in [-0.39, 0.29) is 12.0 Å². The highest BCUT2D eigenvalue weighted by Gasteiger charge is 2.26. The predicted octanol–water partition coefficient (Wildman–Crippen LogP) is 1.62. The predicted molar refractivity (Wildman–Crippen MR) is 69.3 cm³/mol. The number of carbonyl (C=O) groups is 1. The molecule has 1 fully saturated rings. The lowest BCUT2D eigenvalue weighted by Gasteiger charge is -2.33. The first-order valence-electron chi connectivity index (χ1n) is 6.48. The van der Waals surface area contributed by atoms with Crippen LogP contribution in [0.15, 0.2) is 18.3 Å². The number of hydrogen-bond acceptors (Lipinski definition) is 3. The van der Waals surface area contributed by atoms with Gasteiger partial charge in [0.25, 0.3) is 5.91 Å². The number of rotatable bonds is 2. The van der Waals surface area contributed by atoms with Crippen molar-refractivity contribution in [1.82, 2.24) is 9.88 Å². The standard InChI is InChI=1S/C14H20N2O2/c1-10-4-3-7-15-13(10)14(18)16-8-5-12(6-9-16)11(2)17/h3-4,7,11-12,17H,5-6,8-9H2,1-2H3. The lowest BCUT2D eigenvalue weighted by molar-refractivity contribution is 0.0516. The summed E-state index contributed by atoms with van der Waals surface area (Å²) in [4.78, 5) is 18.3. The highest BCUT2D eigenvalue weighted by Crippen LogP contribution is 2.22. The van der Waals surface area contributed by atoms with Crippen molar-refractivity contribution < 1.29 is 9.90 Å². The number of aryl methyl sites for hydroxylation is 1. The summed E-state index contributed by atoms with van der Waals surface area (Å²) >= 11 is 0. The minimum atomic E-state index is -0.279. The van der Waals surface area contributed by atoms with E-state index in [0.717, 1.165) is 18.4 Å². The van der Waals surface area contributed by atoms with Crippen molar-refractivity contribution in [2.75, 3.05) is 13.1 Å². The first kappa shape index (κ1) is 13.0. The van der Waals surface area contributed by atoms with Crippen LogP contribution in [0.3, 0.4) is 0 Å². The zero-order valence-corrected chi connectivity index (χ0v) is 11.0. The number of hydrogen-bond donors (Lipinski definition) is 1. The molecule has 1 aromatic rings. The fourth-order valence-corrected chi connectivity index (χ4v) is 2.44. The molecule has 0 radical (unpaired) electrons. The molecule has 1 aliphatic heterocycles. The van der Waals surface area contributed by atoms with Crippen LogP contribution >= 0.6 is 0 Å². The Labute approximate surface area is 108 Å². The number of aliphatic hydroxyl groups excluding tert-OH is 1. The first-order chi connectivity index (χ1) is 8.59. The van der Waals surface area contributed by atoms with Crippen molar-refractivity contribution >= 4 is 5.91 Å². The Morgan fingerprint density at radius 1 is 1.50 bits per heavy atom. The normalized spacial score (nSPS) is 18.7. The number of likely N-dealkylation sites (tertiary alicyclic amines) is 1. The number of aliphatic hydroxyl groups is 1. The summed E-state index contributed by atoms with van der Waals surface area (Å²) in [5.74, 6) is 0.330. The second-order valence-corrected chi connectivity index (χ2v) is 5.04. The third-order valence-electron chi connectivity index (χ3n) is 3.72. The average Bonchev–Trinajstić information content (AvgIpc) is 2.38. The van der Waals surface area contributed by atoms with Crippen molar-refractivity contribution in [3.05, 3.63) is 29.6 Å². The second-order valence-electron chi connectivity index (χ2n) is 5.04. The number of nitrogens with zero attached hydrogens (tertiary/aromatic N) is 2. The minimum absolute atomic E-state index is 0.0112. The minimum Gasteiger partial charge on any atom is -0.393 e. The van der Waals surface area contributed by atoms with Gasteiger partial charge in [-0.3, -0.25) is 9.78 Å². The number of piperidine rings is 1. The van der Waals surface area contributed by atoms with Crippen LogP contribution in [0, 0.1) is 12.8 Å². The maximum atomic E-state index is 12.3. The molecule has 0 aliphatic carbocycles. The molecule has 0 aromatic carbocycles. The van der Waals surface area contributed by atoms with Gasteiger partial charge in [-0.05, 0) is 44.2 Å². The Morgan fingerprint density at radius 2 is 2.17 bits per heavy atom. The highest BCUT2D eigenvalue weighted by atomic mass is 16.3. The fourth-order valence-electron chi connectivity index (χ4n) is 2.44. The summed E-state index contributed by atoms with van der Waals surface area (Å²) in [6.07, 6.45) is 3.12. The van der Waals surface area contributed by atoms with Crippen molar-refractivity contribution in [3.8, 4) is 0 Å². The smallest absolute Gasteiger partial charge is 0.272 e. The topological polar surface area (TPSA) is 53.4 Å². The van der Waals surface area contributed by atoms with Gasteiger partial charge in [-0.15, -0.1) is 0 Å². The van der Waals surface area contributed by atoms with Gasteiger partial charge in [-0.25, -0.2) is 0 Å². The molecule has 4 nitrogen and oxygen atoms in total. The van der Waals surface area contributed by atoms with Crippen molar-refractivity contribution in [1.29, 1.82) is 0 Å². The largest absolute Gasteiger partial charge is 0.393 e. The van der Waals surface area contributed by atoms with E-state index in [0.29, 0.717) is 24.7 Å². The number of carbonyl (C=O) groups excluding carboxylic acids is 1. The van der Waals surface area contributed by atoms with Crippen LogP contribution in [0.4, 0.5) is 0 Å². The summed E-state index contributed by atoms with van der Waals surface area (Å²) in [5, 5.41) is 9.55. The quantitative estimate of drug-likeness (QED) is 0.865. The van der Waals surface area contributed by atoms with E-state index in [1.54, 1.807) is 6.20 Å². The van der Waals surface area contributed by atoms with Gasteiger partial charge >= 0.3 is 0 Å². The van der Waals surface area contributed by atoms with Gasteiger partial charge in [0.05, 0.1) is 6.10 Å². The molecular weight excluding hydrogens is 228 g/mol. The summed E-state index contributed by atoms with van der Waals surface area (Å²) < 4.78 is 0. The molecular formula is C14H20N2O2. The van der Waals surface area contributed by atoms with Crippen molar-refractivity contribution in [2.45, 2.75) is 32.8 Å². The molecule has 4 heteroatoms. The lowest BCUT2D eigenvalue weighted by Crippen LogP contribution is -2.41. The van der Waals surface area contributed by atoms with E-state index in [1.165, 1.54) is 0 Å². The monoisotopic (exact) mass is 248 g/mol. The summed E-state index contributed by atoms with van der Waals surface area (Å²) in [6.45, 7) is 5.16. The molecule has 1 atom stereocenters. The molecule has 1 N–H and O–H groups in total. The average molecular weight is 248 g/mol. The van der Waals surface area contributed by atoms with Gasteiger partial charge in [-0.2, -0.15) is 0 Å². The summed E-state index contributed by atoms with van der Waals surface area (Å²) in [7, 11) is 0. The van der Waals surface area contributed by atoms with E-state index in [4.69, 9.17) is 0 Å². The molecule has 0 spiro atoms. The van der Waals surface area contributed by atoms with E-state index in [1.807, 2.05) is 30.9 Å². The van der Waals surface area contributed by atoms with Crippen LogP contribution in [0.1, 0.15) is 35.8 Å². The third-order valence-corrected chi connectivity index (χ3v) is 3.72. The summed E-state index contributed by atoms with van der Waals surface area (Å²) in [6, 6.07) is 3.74. The Morgan fingerprint density at radius 3 is 2.72 bits per heavy atom. The van der Waals surface area contributed by atoms with Gasteiger partial charge in [0.2, 0.25) is 0 Å². The van der Waals surface area contributed by atoms with Crippen molar-refractivity contribution in [3.63, 3.8) is 0 Å². The Bertz CT molecular complexity index is 424.